The van der Waals surface area contributed by atoms with Crippen molar-refractivity contribution in [2.24, 2.45) is 0 Å². The Balaban J connectivity index is 1.61. The number of fused-ring (bicyclic) bond motifs is 1. The predicted octanol–water partition coefficient (Wildman–Crippen LogP) is 5.72. The predicted molar refractivity (Wildman–Crippen MR) is 101 cm³/mol. The van der Waals surface area contributed by atoms with Crippen molar-refractivity contribution < 1.29 is 4.74 Å². The van der Waals surface area contributed by atoms with E-state index in [-0.39, 0.29) is 0 Å². The van der Waals surface area contributed by atoms with Crippen molar-refractivity contribution in [1.29, 1.82) is 0 Å². The van der Waals surface area contributed by atoms with Crippen LogP contribution in [0.15, 0.2) is 72.1 Å². The monoisotopic (exact) mass is 332 g/mol. The van der Waals surface area contributed by atoms with Crippen LogP contribution in [0.5, 0.6) is 5.75 Å². The molecular weight excluding hydrogens is 316 g/mol. The van der Waals surface area contributed by atoms with E-state index in [4.69, 9.17) is 9.72 Å². The second kappa shape index (κ2) is 6.34. The number of anilines is 2. The smallest absolute Gasteiger partial charge is 0.187 e. The van der Waals surface area contributed by atoms with E-state index in [9.17, 15) is 0 Å². The number of methoxy groups -OCH3 is 1. The minimum absolute atomic E-state index is 0.825. The zero-order valence-electron chi connectivity index (χ0n) is 13.2. The molecule has 0 bridgehead atoms. The van der Waals surface area contributed by atoms with E-state index in [2.05, 4.69) is 53.2 Å². The number of aromatic nitrogens is 1. The standard InChI is InChI=1S/C20H16N2OS/c1-23-18-8-4-7-17(12-18)21-20-22-19(13-24-20)16-10-9-14-5-2-3-6-15(14)11-16/h2-13H,1H3,(H,21,22). The summed E-state index contributed by atoms with van der Waals surface area (Å²) in [4.78, 5) is 4.70. The summed E-state index contributed by atoms with van der Waals surface area (Å²) in [6.45, 7) is 0. The highest BCUT2D eigenvalue weighted by atomic mass is 32.1. The SMILES string of the molecule is COc1cccc(Nc2nc(-c3ccc4ccccc4c3)cs2)c1. The van der Waals surface area contributed by atoms with E-state index in [1.165, 1.54) is 10.8 Å². The summed E-state index contributed by atoms with van der Waals surface area (Å²) in [6.07, 6.45) is 0. The van der Waals surface area contributed by atoms with Gasteiger partial charge in [-0.25, -0.2) is 4.98 Å². The second-order valence-electron chi connectivity index (χ2n) is 5.46. The van der Waals surface area contributed by atoms with Gasteiger partial charge >= 0.3 is 0 Å². The zero-order valence-corrected chi connectivity index (χ0v) is 14.0. The molecule has 118 valence electrons. The largest absolute Gasteiger partial charge is 0.497 e. The van der Waals surface area contributed by atoms with E-state index in [0.717, 1.165) is 27.8 Å². The maximum absolute atomic E-state index is 5.25. The Labute approximate surface area is 144 Å². The molecule has 24 heavy (non-hydrogen) atoms. The number of benzene rings is 3. The number of hydrogen-bond donors (Lipinski definition) is 1. The molecule has 0 amide bonds. The normalized spacial score (nSPS) is 10.7. The van der Waals surface area contributed by atoms with Crippen molar-refractivity contribution in [3.63, 3.8) is 0 Å². The molecule has 0 fully saturated rings. The Kier molecular flexibility index (Phi) is 3.89. The fraction of sp³-hybridized carbons (Fsp3) is 0.0500. The summed E-state index contributed by atoms with van der Waals surface area (Å²) in [5, 5.41) is 8.75. The van der Waals surface area contributed by atoms with Gasteiger partial charge in [0.05, 0.1) is 12.8 Å². The highest BCUT2D eigenvalue weighted by Crippen LogP contribution is 2.30. The highest BCUT2D eigenvalue weighted by Gasteiger charge is 2.06. The molecule has 1 aromatic heterocycles. The van der Waals surface area contributed by atoms with Crippen LogP contribution >= 0.6 is 11.3 Å². The Morgan fingerprint density at radius 1 is 0.917 bits per heavy atom. The third-order valence-electron chi connectivity index (χ3n) is 3.87. The van der Waals surface area contributed by atoms with Crippen molar-refractivity contribution in [3.05, 3.63) is 72.1 Å². The molecule has 3 aromatic carbocycles. The van der Waals surface area contributed by atoms with Gasteiger partial charge in [0.2, 0.25) is 0 Å². The van der Waals surface area contributed by atoms with Gasteiger partial charge in [0, 0.05) is 22.7 Å². The topological polar surface area (TPSA) is 34.1 Å². The Morgan fingerprint density at radius 2 is 1.79 bits per heavy atom. The Morgan fingerprint density at radius 3 is 2.67 bits per heavy atom. The summed E-state index contributed by atoms with van der Waals surface area (Å²) >= 11 is 1.60. The molecule has 0 unspecified atom stereocenters. The highest BCUT2D eigenvalue weighted by molar-refractivity contribution is 7.14. The number of rotatable bonds is 4. The van der Waals surface area contributed by atoms with Crippen LogP contribution in [0.2, 0.25) is 0 Å². The van der Waals surface area contributed by atoms with Crippen molar-refractivity contribution >= 4 is 32.9 Å². The van der Waals surface area contributed by atoms with Gasteiger partial charge in [-0.1, -0.05) is 42.5 Å². The van der Waals surface area contributed by atoms with Crippen molar-refractivity contribution in [2.75, 3.05) is 12.4 Å². The number of nitrogens with zero attached hydrogens (tertiary/aromatic N) is 1. The third-order valence-corrected chi connectivity index (χ3v) is 4.63. The van der Waals surface area contributed by atoms with E-state index >= 15 is 0 Å². The molecule has 0 atom stereocenters. The lowest BCUT2D eigenvalue weighted by Gasteiger charge is -2.05. The maximum Gasteiger partial charge on any atom is 0.187 e. The quantitative estimate of drug-likeness (QED) is 0.519. The average Bonchev–Trinajstić information content (AvgIpc) is 3.10. The molecule has 0 aliphatic rings. The molecule has 0 aliphatic heterocycles. The van der Waals surface area contributed by atoms with Gasteiger partial charge in [-0.3, -0.25) is 0 Å². The average molecular weight is 332 g/mol. The van der Waals surface area contributed by atoms with Gasteiger partial charge in [0.15, 0.2) is 5.13 Å². The number of thiazole rings is 1. The molecule has 3 nitrogen and oxygen atoms in total. The van der Waals surface area contributed by atoms with Gasteiger partial charge in [-0.05, 0) is 29.0 Å². The van der Waals surface area contributed by atoms with Crippen LogP contribution in [0, 0.1) is 0 Å². The van der Waals surface area contributed by atoms with Crippen molar-refractivity contribution in [3.8, 4) is 17.0 Å². The molecule has 4 aromatic rings. The second-order valence-corrected chi connectivity index (χ2v) is 6.31. The lowest BCUT2D eigenvalue weighted by Crippen LogP contribution is -1.90. The summed E-state index contributed by atoms with van der Waals surface area (Å²) in [6, 6.07) is 22.6. The molecule has 0 spiro atoms. The number of nitrogens with one attached hydrogen (secondary N) is 1. The van der Waals surface area contributed by atoms with E-state index in [0.29, 0.717) is 0 Å². The van der Waals surface area contributed by atoms with Crippen LogP contribution in [0.1, 0.15) is 0 Å². The first-order chi connectivity index (χ1) is 11.8. The minimum Gasteiger partial charge on any atom is -0.497 e. The maximum atomic E-state index is 5.25. The Hall–Kier alpha value is -2.85. The van der Waals surface area contributed by atoms with Gasteiger partial charge in [-0.2, -0.15) is 0 Å². The summed E-state index contributed by atoms with van der Waals surface area (Å²) in [7, 11) is 1.67. The summed E-state index contributed by atoms with van der Waals surface area (Å²) in [5.41, 5.74) is 3.08. The Bertz CT molecular complexity index is 994. The summed E-state index contributed by atoms with van der Waals surface area (Å²) < 4.78 is 5.25. The first kappa shape index (κ1) is 14.7. The molecule has 0 radical (unpaired) electrons. The van der Waals surface area contributed by atoms with Crippen LogP contribution in [0.3, 0.4) is 0 Å². The number of hydrogen-bond acceptors (Lipinski definition) is 4. The number of ether oxygens (including phenoxy) is 1. The third kappa shape index (κ3) is 2.96. The first-order valence-corrected chi connectivity index (χ1v) is 8.55. The van der Waals surface area contributed by atoms with Crippen LogP contribution in [-0.4, -0.2) is 12.1 Å². The lowest BCUT2D eigenvalue weighted by molar-refractivity contribution is 0.415. The van der Waals surface area contributed by atoms with E-state index in [1.807, 2.05) is 24.3 Å². The van der Waals surface area contributed by atoms with Crippen molar-refractivity contribution in [2.45, 2.75) is 0 Å². The molecule has 1 heterocycles. The lowest BCUT2D eigenvalue weighted by atomic mass is 10.1. The van der Waals surface area contributed by atoms with Crippen LogP contribution in [0.4, 0.5) is 10.8 Å². The molecule has 0 saturated carbocycles. The molecule has 1 N–H and O–H groups in total. The van der Waals surface area contributed by atoms with Crippen molar-refractivity contribution in [1.82, 2.24) is 4.98 Å². The van der Waals surface area contributed by atoms with Crippen LogP contribution < -0.4 is 10.1 Å². The van der Waals surface area contributed by atoms with Gasteiger partial charge < -0.3 is 10.1 Å². The van der Waals surface area contributed by atoms with Gasteiger partial charge in [-0.15, -0.1) is 11.3 Å². The molecular formula is C20H16N2OS. The van der Waals surface area contributed by atoms with Gasteiger partial charge in [0.25, 0.3) is 0 Å². The molecule has 4 heteroatoms. The zero-order chi connectivity index (χ0) is 16.4. The molecule has 4 rings (SSSR count). The van der Waals surface area contributed by atoms with E-state index in [1.54, 1.807) is 18.4 Å². The van der Waals surface area contributed by atoms with Crippen LogP contribution in [-0.2, 0) is 0 Å². The molecule has 0 saturated heterocycles. The first-order valence-electron chi connectivity index (χ1n) is 7.67. The van der Waals surface area contributed by atoms with E-state index < -0.39 is 0 Å². The minimum atomic E-state index is 0.825. The fourth-order valence-corrected chi connectivity index (χ4v) is 3.38. The fourth-order valence-electron chi connectivity index (χ4n) is 2.64. The molecule has 0 aliphatic carbocycles. The summed E-state index contributed by atoms with van der Waals surface area (Å²) in [5.74, 6) is 0.825. The van der Waals surface area contributed by atoms with Gasteiger partial charge in [0.1, 0.15) is 5.75 Å². The van der Waals surface area contributed by atoms with Crippen LogP contribution in [0.25, 0.3) is 22.0 Å².